The van der Waals surface area contributed by atoms with Gasteiger partial charge >= 0.3 is 5.97 Å². The molecule has 1 aliphatic carbocycles. The number of fused-ring (bicyclic) bond motifs is 1. The maximum absolute atomic E-state index is 12.6. The quantitative estimate of drug-likeness (QED) is 0.529. The van der Waals surface area contributed by atoms with Crippen molar-refractivity contribution in [2.45, 2.75) is 84.2 Å². The number of unbranched alkanes of at least 4 members (excludes halogenated alkanes) is 1. The lowest BCUT2D eigenvalue weighted by Gasteiger charge is -2.38. The van der Waals surface area contributed by atoms with Crippen LogP contribution in [0.1, 0.15) is 72.1 Å². The first-order valence-electron chi connectivity index (χ1n) is 9.52. The Labute approximate surface area is 145 Å². The Hall–Kier alpha value is -1.39. The monoisotopic (exact) mass is 336 g/mol. The lowest BCUT2D eigenvalue weighted by molar-refractivity contribution is -0.144. The lowest BCUT2D eigenvalue weighted by Crippen LogP contribution is -2.44. The molecule has 0 spiro atoms. The number of esters is 1. The van der Waals surface area contributed by atoms with Crippen molar-refractivity contribution in [3.05, 3.63) is 0 Å². The molecule has 0 bridgehead atoms. The van der Waals surface area contributed by atoms with Crippen LogP contribution >= 0.6 is 0 Å². The molecule has 2 rings (SSSR count). The molecule has 5 heteroatoms. The molecule has 0 aromatic carbocycles. The van der Waals surface area contributed by atoms with Crippen LogP contribution in [-0.4, -0.2) is 48.2 Å². The van der Waals surface area contributed by atoms with Crippen LogP contribution in [0.25, 0.3) is 0 Å². The van der Waals surface area contributed by atoms with Gasteiger partial charge in [0.05, 0.1) is 12.8 Å². The molecule has 1 saturated carbocycles. The standard InChI is InChI=1S/C19H32N2O3/c1-4-6-9-15(18(23)24-5-2)20-14-17(22)21-13-12-19(3)11-8-7-10-16(19)21/h14-16H,4-13H2,1-3H3/t15?,16-,19-/m0/s1. The summed E-state index contributed by atoms with van der Waals surface area (Å²) >= 11 is 0. The second-order valence-corrected chi connectivity index (χ2v) is 7.39. The van der Waals surface area contributed by atoms with Gasteiger partial charge in [0.1, 0.15) is 6.04 Å². The first-order chi connectivity index (χ1) is 11.5. The highest BCUT2D eigenvalue weighted by Crippen LogP contribution is 2.46. The van der Waals surface area contributed by atoms with Crippen LogP contribution in [0.4, 0.5) is 0 Å². The maximum atomic E-state index is 12.6. The number of nitrogens with zero attached hydrogens (tertiary/aromatic N) is 2. The molecule has 3 atom stereocenters. The summed E-state index contributed by atoms with van der Waals surface area (Å²) in [5.41, 5.74) is 0.268. The minimum atomic E-state index is -0.547. The fourth-order valence-electron chi connectivity index (χ4n) is 4.12. The predicted molar refractivity (Wildman–Crippen MR) is 95.1 cm³/mol. The van der Waals surface area contributed by atoms with Crippen molar-refractivity contribution in [3.8, 4) is 0 Å². The highest BCUT2D eigenvalue weighted by molar-refractivity contribution is 6.26. The van der Waals surface area contributed by atoms with E-state index in [4.69, 9.17) is 4.74 Å². The molecule has 24 heavy (non-hydrogen) atoms. The summed E-state index contributed by atoms with van der Waals surface area (Å²) in [4.78, 5) is 30.9. The molecule has 1 amide bonds. The third kappa shape index (κ3) is 4.37. The smallest absolute Gasteiger partial charge is 0.330 e. The van der Waals surface area contributed by atoms with Gasteiger partial charge in [0.15, 0.2) is 0 Å². The van der Waals surface area contributed by atoms with Crippen LogP contribution in [-0.2, 0) is 14.3 Å². The van der Waals surface area contributed by atoms with Crippen molar-refractivity contribution in [2.75, 3.05) is 13.2 Å². The van der Waals surface area contributed by atoms with Crippen molar-refractivity contribution >= 4 is 18.1 Å². The molecule has 1 heterocycles. The van der Waals surface area contributed by atoms with Crippen molar-refractivity contribution < 1.29 is 14.3 Å². The Bertz CT molecular complexity index is 477. The zero-order valence-electron chi connectivity index (χ0n) is 15.4. The van der Waals surface area contributed by atoms with Crippen molar-refractivity contribution in [1.29, 1.82) is 0 Å². The topological polar surface area (TPSA) is 59.0 Å². The normalized spacial score (nSPS) is 28.0. The molecule has 0 radical (unpaired) electrons. The summed E-state index contributed by atoms with van der Waals surface area (Å²) in [5.74, 6) is -0.365. The second-order valence-electron chi connectivity index (χ2n) is 7.39. The van der Waals surface area contributed by atoms with Gasteiger partial charge < -0.3 is 9.64 Å². The Kier molecular flexibility index (Phi) is 6.81. The van der Waals surface area contributed by atoms with Gasteiger partial charge in [-0.15, -0.1) is 0 Å². The number of hydrogen-bond acceptors (Lipinski definition) is 4. The molecular weight excluding hydrogens is 304 g/mol. The van der Waals surface area contributed by atoms with Crippen LogP contribution in [0.3, 0.4) is 0 Å². The van der Waals surface area contributed by atoms with Crippen LogP contribution < -0.4 is 0 Å². The molecule has 0 aromatic heterocycles. The van der Waals surface area contributed by atoms with Gasteiger partial charge in [-0.1, -0.05) is 39.5 Å². The molecule has 5 nitrogen and oxygen atoms in total. The lowest BCUT2D eigenvalue weighted by atomic mass is 9.72. The van der Waals surface area contributed by atoms with Crippen molar-refractivity contribution in [3.63, 3.8) is 0 Å². The Balaban J connectivity index is 2.00. The van der Waals surface area contributed by atoms with E-state index in [1.165, 1.54) is 25.5 Å². The fourth-order valence-corrected chi connectivity index (χ4v) is 4.12. The summed E-state index contributed by atoms with van der Waals surface area (Å²) in [6.07, 6.45) is 9.75. The summed E-state index contributed by atoms with van der Waals surface area (Å²) < 4.78 is 5.08. The number of rotatable bonds is 7. The van der Waals surface area contributed by atoms with Gasteiger partial charge in [-0.2, -0.15) is 0 Å². The zero-order chi connectivity index (χ0) is 17.6. The van der Waals surface area contributed by atoms with Gasteiger partial charge in [-0.3, -0.25) is 9.79 Å². The van der Waals surface area contributed by atoms with E-state index in [1.54, 1.807) is 6.92 Å². The molecule has 1 saturated heterocycles. The highest BCUT2D eigenvalue weighted by Gasteiger charge is 2.46. The number of likely N-dealkylation sites (tertiary alicyclic amines) is 1. The van der Waals surface area contributed by atoms with E-state index >= 15 is 0 Å². The molecule has 136 valence electrons. The molecular formula is C19H32N2O3. The number of aliphatic imine (C=N–C) groups is 1. The fraction of sp³-hybridized carbons (Fsp3) is 0.842. The van der Waals surface area contributed by atoms with Crippen LogP contribution in [0.5, 0.6) is 0 Å². The molecule has 0 aromatic rings. The van der Waals surface area contributed by atoms with Gasteiger partial charge in [0.25, 0.3) is 5.91 Å². The van der Waals surface area contributed by atoms with E-state index in [9.17, 15) is 9.59 Å². The minimum Gasteiger partial charge on any atom is -0.464 e. The van der Waals surface area contributed by atoms with E-state index < -0.39 is 6.04 Å². The first kappa shape index (κ1) is 18.9. The van der Waals surface area contributed by atoms with E-state index in [0.29, 0.717) is 19.1 Å². The number of carbonyl (C=O) groups excluding carboxylic acids is 2. The van der Waals surface area contributed by atoms with E-state index in [-0.39, 0.29) is 17.3 Å². The van der Waals surface area contributed by atoms with Crippen LogP contribution in [0.2, 0.25) is 0 Å². The van der Waals surface area contributed by atoms with Crippen molar-refractivity contribution in [2.24, 2.45) is 10.4 Å². The van der Waals surface area contributed by atoms with Crippen molar-refractivity contribution in [1.82, 2.24) is 4.90 Å². The molecule has 2 aliphatic rings. The molecule has 2 fully saturated rings. The van der Waals surface area contributed by atoms with Gasteiger partial charge in [-0.25, -0.2) is 4.79 Å². The van der Waals surface area contributed by atoms with Crippen LogP contribution in [0, 0.1) is 5.41 Å². The van der Waals surface area contributed by atoms with Crippen LogP contribution in [0.15, 0.2) is 4.99 Å². The molecule has 1 aliphatic heterocycles. The molecule has 1 unspecified atom stereocenters. The minimum absolute atomic E-state index is 0.0450. The number of carbonyl (C=O) groups is 2. The summed E-state index contributed by atoms with van der Waals surface area (Å²) in [6, 6.07) is -0.212. The van der Waals surface area contributed by atoms with Gasteiger partial charge in [0, 0.05) is 12.6 Å². The Morgan fingerprint density at radius 1 is 1.33 bits per heavy atom. The number of ether oxygens (including phenoxy) is 1. The largest absolute Gasteiger partial charge is 0.464 e. The second kappa shape index (κ2) is 8.63. The zero-order valence-corrected chi connectivity index (χ0v) is 15.4. The highest BCUT2D eigenvalue weighted by atomic mass is 16.5. The maximum Gasteiger partial charge on any atom is 0.330 e. The Morgan fingerprint density at radius 2 is 2.12 bits per heavy atom. The average molecular weight is 336 g/mol. The number of amides is 1. The van der Waals surface area contributed by atoms with Gasteiger partial charge in [-0.05, 0) is 38.0 Å². The van der Waals surface area contributed by atoms with E-state index in [1.807, 2.05) is 4.90 Å². The number of hydrogen-bond donors (Lipinski definition) is 0. The van der Waals surface area contributed by atoms with E-state index in [0.717, 1.165) is 32.2 Å². The van der Waals surface area contributed by atoms with E-state index in [2.05, 4.69) is 18.8 Å². The van der Waals surface area contributed by atoms with Gasteiger partial charge in [0.2, 0.25) is 0 Å². The summed E-state index contributed by atoms with van der Waals surface area (Å²) in [6.45, 7) is 7.33. The SMILES string of the molecule is CCCCC(N=CC(=O)N1CC[C@]2(C)CCCC[C@H]12)C(=O)OCC. The average Bonchev–Trinajstić information content (AvgIpc) is 2.92. The first-order valence-corrected chi connectivity index (χ1v) is 9.52. The third-order valence-corrected chi connectivity index (χ3v) is 5.62. The molecule has 0 N–H and O–H groups in total. The summed E-state index contributed by atoms with van der Waals surface area (Å²) in [7, 11) is 0. The third-order valence-electron chi connectivity index (χ3n) is 5.62. The summed E-state index contributed by atoms with van der Waals surface area (Å²) in [5, 5.41) is 0. The Morgan fingerprint density at radius 3 is 2.83 bits per heavy atom. The predicted octanol–water partition coefficient (Wildman–Crippen LogP) is 3.36.